The van der Waals surface area contributed by atoms with Gasteiger partial charge < -0.3 is 0 Å². The summed E-state index contributed by atoms with van der Waals surface area (Å²) in [6, 6.07) is 8.65. The topological polar surface area (TPSA) is 38.3 Å². The SMILES string of the molecule is COC(=O)c1ccc(C[As](C)CC2CCCN2)cc1. The van der Waals surface area contributed by atoms with Crippen LogP contribution in [0.4, 0.5) is 0 Å². The van der Waals surface area contributed by atoms with Crippen LogP contribution < -0.4 is 5.32 Å². The standard InChI is InChI=1S/C15H22AsNO2/c1-16(11-14-4-3-9-17-14)10-12-5-7-13(8-6-12)15(18)19-2/h5-8,14,17H,3-4,9-11H2,1-2H3. The molecule has 0 radical (unpaired) electrons. The van der Waals surface area contributed by atoms with Gasteiger partial charge >= 0.3 is 120 Å². The van der Waals surface area contributed by atoms with Crippen molar-refractivity contribution in [2.75, 3.05) is 13.7 Å². The molecule has 2 unspecified atom stereocenters. The molecule has 1 aliphatic rings. The van der Waals surface area contributed by atoms with Crippen molar-refractivity contribution in [3.8, 4) is 0 Å². The number of rotatable bonds is 5. The van der Waals surface area contributed by atoms with Crippen molar-refractivity contribution in [3.05, 3.63) is 35.4 Å². The number of benzene rings is 1. The molecule has 104 valence electrons. The van der Waals surface area contributed by atoms with Crippen LogP contribution in [0.2, 0.25) is 10.9 Å². The summed E-state index contributed by atoms with van der Waals surface area (Å²) < 4.78 is 4.71. The molecule has 0 amide bonds. The molecule has 0 bridgehead atoms. The first-order chi connectivity index (χ1) is 9.19. The Bertz CT molecular complexity index is 413. The first-order valence-electron chi connectivity index (χ1n) is 6.78. The maximum absolute atomic E-state index is 11.4. The molecule has 1 heterocycles. The molecule has 4 heteroatoms. The van der Waals surface area contributed by atoms with E-state index in [0.717, 1.165) is 6.04 Å². The quantitative estimate of drug-likeness (QED) is 0.668. The van der Waals surface area contributed by atoms with E-state index in [2.05, 4.69) is 23.2 Å². The summed E-state index contributed by atoms with van der Waals surface area (Å²) in [6.07, 6.45) is 2.68. The number of carbonyl (C=O) groups is 1. The number of hydrogen-bond acceptors (Lipinski definition) is 3. The Balaban J connectivity index is 1.86. The molecule has 2 rings (SSSR count). The third kappa shape index (κ3) is 4.36. The average molecular weight is 323 g/mol. The Labute approximate surface area is 120 Å². The molecule has 1 aromatic rings. The molecule has 0 spiro atoms. The van der Waals surface area contributed by atoms with E-state index < -0.39 is 14.7 Å². The molecule has 0 saturated carbocycles. The van der Waals surface area contributed by atoms with Crippen molar-refractivity contribution in [3.63, 3.8) is 0 Å². The molecule has 1 N–H and O–H groups in total. The summed E-state index contributed by atoms with van der Waals surface area (Å²) in [6.45, 7) is 1.20. The molecule has 1 fully saturated rings. The second kappa shape index (κ2) is 7.11. The molecular weight excluding hydrogens is 301 g/mol. The van der Waals surface area contributed by atoms with E-state index in [1.807, 2.05) is 12.1 Å². The van der Waals surface area contributed by atoms with Gasteiger partial charge in [0, 0.05) is 0 Å². The van der Waals surface area contributed by atoms with E-state index in [0.29, 0.717) is 5.56 Å². The second-order valence-electron chi connectivity index (χ2n) is 5.18. The Morgan fingerprint density at radius 2 is 2.16 bits per heavy atom. The molecule has 3 nitrogen and oxygen atoms in total. The van der Waals surface area contributed by atoms with Crippen LogP contribution in [0.5, 0.6) is 0 Å². The average Bonchev–Trinajstić information content (AvgIpc) is 2.91. The Kier molecular flexibility index (Phi) is 5.47. The number of ether oxygens (including phenoxy) is 1. The van der Waals surface area contributed by atoms with Crippen LogP contribution >= 0.6 is 0 Å². The number of methoxy groups -OCH3 is 1. The van der Waals surface area contributed by atoms with Crippen LogP contribution in [0.3, 0.4) is 0 Å². The van der Waals surface area contributed by atoms with Gasteiger partial charge in [-0.3, -0.25) is 0 Å². The van der Waals surface area contributed by atoms with Crippen molar-refractivity contribution in [2.45, 2.75) is 35.0 Å². The van der Waals surface area contributed by atoms with Gasteiger partial charge in [0.15, 0.2) is 0 Å². The fraction of sp³-hybridized carbons (Fsp3) is 0.533. The van der Waals surface area contributed by atoms with E-state index in [9.17, 15) is 4.79 Å². The Morgan fingerprint density at radius 3 is 2.74 bits per heavy atom. The summed E-state index contributed by atoms with van der Waals surface area (Å²) >= 11 is -0.777. The molecule has 1 aromatic carbocycles. The summed E-state index contributed by atoms with van der Waals surface area (Å²) in [4.78, 5) is 11.4. The number of nitrogens with one attached hydrogen (secondary N) is 1. The number of esters is 1. The van der Waals surface area contributed by atoms with Gasteiger partial charge in [-0.2, -0.15) is 0 Å². The van der Waals surface area contributed by atoms with Gasteiger partial charge in [0.2, 0.25) is 0 Å². The summed E-state index contributed by atoms with van der Waals surface area (Å²) in [5.41, 5.74) is 4.44. The summed E-state index contributed by atoms with van der Waals surface area (Å²) in [5.74, 6) is -0.257. The molecule has 1 saturated heterocycles. The van der Waals surface area contributed by atoms with Crippen LogP contribution in [-0.2, 0) is 9.95 Å². The predicted octanol–water partition coefficient (Wildman–Crippen LogP) is 2.43. The predicted molar refractivity (Wildman–Crippen MR) is 78.9 cm³/mol. The number of hydrogen-bond donors (Lipinski definition) is 1. The monoisotopic (exact) mass is 323 g/mol. The molecule has 2 atom stereocenters. The van der Waals surface area contributed by atoms with Crippen molar-refractivity contribution < 1.29 is 9.53 Å². The first kappa shape index (κ1) is 14.6. The minimum atomic E-state index is -0.777. The molecule has 0 aromatic heterocycles. The first-order valence-corrected chi connectivity index (χ1v) is 11.3. The fourth-order valence-corrected chi connectivity index (χ4v) is 6.78. The molecule has 0 aliphatic carbocycles. The zero-order valence-electron chi connectivity index (χ0n) is 11.7. The van der Waals surface area contributed by atoms with Crippen LogP contribution in [-0.4, -0.2) is 40.3 Å². The van der Waals surface area contributed by atoms with Gasteiger partial charge in [0.25, 0.3) is 0 Å². The molecular formula is C15H22AsNO2. The second-order valence-corrected chi connectivity index (χ2v) is 10.2. The summed E-state index contributed by atoms with van der Waals surface area (Å²) in [7, 11) is 1.42. The van der Waals surface area contributed by atoms with Gasteiger partial charge in [-0.1, -0.05) is 0 Å². The normalized spacial score (nSPS) is 20.2. The van der Waals surface area contributed by atoms with E-state index in [1.54, 1.807) is 0 Å². The third-order valence-electron chi connectivity index (χ3n) is 3.52. The van der Waals surface area contributed by atoms with E-state index in [1.165, 1.54) is 42.5 Å². The van der Waals surface area contributed by atoms with Crippen molar-refractivity contribution in [1.29, 1.82) is 0 Å². The van der Waals surface area contributed by atoms with Gasteiger partial charge in [0.1, 0.15) is 0 Å². The zero-order valence-corrected chi connectivity index (χ0v) is 13.6. The van der Waals surface area contributed by atoms with Gasteiger partial charge in [-0.25, -0.2) is 0 Å². The van der Waals surface area contributed by atoms with E-state index in [4.69, 9.17) is 4.74 Å². The van der Waals surface area contributed by atoms with Crippen LogP contribution in [0.1, 0.15) is 28.8 Å². The molecule has 1 aliphatic heterocycles. The minimum absolute atomic E-state index is 0.257. The van der Waals surface area contributed by atoms with Gasteiger partial charge in [0.05, 0.1) is 0 Å². The Hall–Kier alpha value is -0.792. The fourth-order valence-electron chi connectivity index (χ4n) is 2.53. The van der Waals surface area contributed by atoms with Crippen LogP contribution in [0, 0.1) is 0 Å². The number of carbonyl (C=O) groups excluding carboxylic acids is 1. The van der Waals surface area contributed by atoms with Crippen molar-refractivity contribution >= 4 is 20.6 Å². The molecule has 19 heavy (non-hydrogen) atoms. The van der Waals surface area contributed by atoms with Gasteiger partial charge in [-0.05, 0) is 0 Å². The van der Waals surface area contributed by atoms with Crippen LogP contribution in [0.25, 0.3) is 0 Å². The maximum atomic E-state index is 11.4. The van der Waals surface area contributed by atoms with Crippen molar-refractivity contribution in [1.82, 2.24) is 5.32 Å². The Morgan fingerprint density at radius 1 is 1.42 bits per heavy atom. The van der Waals surface area contributed by atoms with Gasteiger partial charge in [-0.15, -0.1) is 0 Å². The zero-order chi connectivity index (χ0) is 13.7. The van der Waals surface area contributed by atoms with E-state index >= 15 is 0 Å². The van der Waals surface area contributed by atoms with Crippen LogP contribution in [0.15, 0.2) is 24.3 Å². The van der Waals surface area contributed by atoms with E-state index in [-0.39, 0.29) is 5.97 Å². The summed E-state index contributed by atoms with van der Waals surface area (Å²) in [5, 5.41) is 6.18. The third-order valence-corrected chi connectivity index (χ3v) is 7.65. The van der Waals surface area contributed by atoms with Crippen molar-refractivity contribution in [2.24, 2.45) is 0 Å².